The van der Waals surface area contributed by atoms with Crippen molar-refractivity contribution in [3.63, 3.8) is 0 Å². The highest BCUT2D eigenvalue weighted by Gasteiger charge is 2.25. The van der Waals surface area contributed by atoms with E-state index in [1.165, 1.54) is 9.79 Å². The number of benzene rings is 2. The van der Waals surface area contributed by atoms with Gasteiger partial charge in [-0.05, 0) is 61.9 Å². The highest BCUT2D eigenvalue weighted by atomic mass is 35.5. The summed E-state index contributed by atoms with van der Waals surface area (Å²) < 4.78 is 0. The van der Waals surface area contributed by atoms with E-state index >= 15 is 0 Å². The summed E-state index contributed by atoms with van der Waals surface area (Å²) in [5.41, 5.74) is 2.27. The number of hydrogen-bond donors (Lipinski definition) is 1. The van der Waals surface area contributed by atoms with Crippen LogP contribution in [0.25, 0.3) is 0 Å². The lowest BCUT2D eigenvalue weighted by Crippen LogP contribution is -2.31. The third-order valence-corrected chi connectivity index (χ3v) is 5.92. The third-order valence-electron chi connectivity index (χ3n) is 4.65. The Labute approximate surface area is 169 Å². The van der Waals surface area contributed by atoms with E-state index in [0.29, 0.717) is 0 Å². The molecule has 138 valence electrons. The smallest absolute Gasteiger partial charge is 0.137 e. The first-order valence-electron chi connectivity index (χ1n) is 8.93. The van der Waals surface area contributed by atoms with Gasteiger partial charge in [0.05, 0.1) is 6.04 Å². The molecule has 2 aromatic carbocycles. The summed E-state index contributed by atoms with van der Waals surface area (Å²) in [4.78, 5) is 13.6. The predicted molar refractivity (Wildman–Crippen MR) is 113 cm³/mol. The molecule has 3 aromatic rings. The van der Waals surface area contributed by atoms with E-state index in [9.17, 15) is 0 Å². The van der Waals surface area contributed by atoms with E-state index in [2.05, 4.69) is 51.5 Å². The van der Waals surface area contributed by atoms with Gasteiger partial charge in [-0.2, -0.15) is 0 Å². The Morgan fingerprint density at radius 1 is 1.07 bits per heavy atom. The van der Waals surface area contributed by atoms with Crippen LogP contribution in [0, 0.1) is 6.92 Å². The molecule has 4 nitrogen and oxygen atoms in total. The van der Waals surface area contributed by atoms with Crippen LogP contribution in [0.4, 0.5) is 11.5 Å². The van der Waals surface area contributed by atoms with Gasteiger partial charge in [0.2, 0.25) is 0 Å². The van der Waals surface area contributed by atoms with E-state index in [-0.39, 0.29) is 6.04 Å². The third kappa shape index (κ3) is 4.20. The van der Waals surface area contributed by atoms with Crippen molar-refractivity contribution in [2.24, 2.45) is 0 Å². The Hall–Kier alpha value is -2.24. The molecule has 0 saturated carbocycles. The molecule has 0 aliphatic carbocycles. The van der Waals surface area contributed by atoms with Gasteiger partial charge in [0.1, 0.15) is 11.6 Å². The normalized spacial score (nSPS) is 16.1. The highest BCUT2D eigenvalue weighted by molar-refractivity contribution is 7.99. The van der Waals surface area contributed by atoms with Crippen LogP contribution in [-0.2, 0) is 0 Å². The number of aromatic nitrogens is 2. The van der Waals surface area contributed by atoms with E-state index in [1.54, 1.807) is 11.8 Å². The second-order valence-electron chi connectivity index (χ2n) is 6.68. The maximum atomic E-state index is 5.95. The minimum atomic E-state index is 0.228. The minimum Gasteiger partial charge on any atom is -0.378 e. The summed E-state index contributed by atoms with van der Waals surface area (Å²) in [6, 6.07) is 16.7. The molecule has 0 amide bonds. The van der Waals surface area contributed by atoms with Gasteiger partial charge in [-0.3, -0.25) is 0 Å². The van der Waals surface area contributed by atoms with Crippen LogP contribution in [0.3, 0.4) is 0 Å². The molecule has 0 spiro atoms. The van der Waals surface area contributed by atoms with Crippen LogP contribution in [-0.4, -0.2) is 23.6 Å². The molecule has 0 fully saturated rings. The van der Waals surface area contributed by atoms with Crippen LogP contribution < -0.4 is 10.2 Å². The molecular weight excluding hydrogens is 376 g/mol. The largest absolute Gasteiger partial charge is 0.378 e. The quantitative estimate of drug-likeness (QED) is 0.623. The summed E-state index contributed by atoms with van der Waals surface area (Å²) >= 11 is 7.68. The maximum absolute atomic E-state index is 5.95. The predicted octanol–water partition coefficient (Wildman–Crippen LogP) is 5.58. The summed E-state index contributed by atoms with van der Waals surface area (Å²) in [5.74, 6) is 1.84. The number of hydrogen-bond acceptors (Lipinski definition) is 5. The van der Waals surface area contributed by atoms with Gasteiger partial charge in [-0.15, -0.1) is 0 Å². The molecule has 1 unspecified atom stereocenters. The fourth-order valence-electron chi connectivity index (χ4n) is 3.21. The van der Waals surface area contributed by atoms with E-state index in [1.807, 2.05) is 37.4 Å². The fraction of sp³-hybridized carbons (Fsp3) is 0.238. The lowest BCUT2D eigenvalue weighted by molar-refractivity contribution is 0.632. The molecule has 1 N–H and O–H groups in total. The minimum absolute atomic E-state index is 0.228. The van der Waals surface area contributed by atoms with Crippen molar-refractivity contribution in [1.29, 1.82) is 0 Å². The van der Waals surface area contributed by atoms with Crippen molar-refractivity contribution in [1.82, 2.24) is 9.97 Å². The molecule has 1 atom stereocenters. The van der Waals surface area contributed by atoms with Crippen molar-refractivity contribution < 1.29 is 0 Å². The van der Waals surface area contributed by atoms with Gasteiger partial charge in [0, 0.05) is 45.9 Å². The number of fused-ring (bicyclic) bond motifs is 1. The summed E-state index contributed by atoms with van der Waals surface area (Å²) in [5, 5.41) is 4.40. The SMILES string of the molecule is Cc1ncc2c(n1)N(C)CCC2Nc1ccc(Sc2ccc(Cl)cc2)cc1. The zero-order chi connectivity index (χ0) is 18.8. The number of rotatable bonds is 4. The molecular formula is C21H21ClN4S. The lowest BCUT2D eigenvalue weighted by Gasteiger charge is -2.32. The van der Waals surface area contributed by atoms with Gasteiger partial charge in [-0.1, -0.05) is 23.4 Å². The molecule has 2 heterocycles. The molecule has 0 radical (unpaired) electrons. The van der Waals surface area contributed by atoms with Crippen molar-refractivity contribution in [2.75, 3.05) is 23.8 Å². The fourth-order valence-corrected chi connectivity index (χ4v) is 4.15. The first kappa shape index (κ1) is 18.1. The number of halogens is 1. The number of anilines is 2. The average Bonchev–Trinajstić information content (AvgIpc) is 2.67. The van der Waals surface area contributed by atoms with E-state index in [4.69, 9.17) is 11.6 Å². The average molecular weight is 397 g/mol. The van der Waals surface area contributed by atoms with Crippen molar-refractivity contribution in [3.8, 4) is 0 Å². The first-order chi connectivity index (χ1) is 13.1. The summed E-state index contributed by atoms with van der Waals surface area (Å²) in [6.45, 7) is 2.91. The second-order valence-corrected chi connectivity index (χ2v) is 8.27. The molecule has 4 rings (SSSR count). The van der Waals surface area contributed by atoms with E-state index < -0.39 is 0 Å². The Bertz CT molecular complexity index is 928. The molecule has 1 aliphatic heterocycles. The topological polar surface area (TPSA) is 41.1 Å². The molecule has 1 aliphatic rings. The zero-order valence-electron chi connectivity index (χ0n) is 15.3. The first-order valence-corrected chi connectivity index (χ1v) is 10.1. The number of aryl methyl sites for hydroxylation is 1. The Morgan fingerprint density at radius 2 is 1.74 bits per heavy atom. The lowest BCUT2D eigenvalue weighted by atomic mass is 10.0. The van der Waals surface area contributed by atoms with Gasteiger partial charge < -0.3 is 10.2 Å². The molecule has 27 heavy (non-hydrogen) atoms. The van der Waals surface area contributed by atoms with Crippen LogP contribution in [0.2, 0.25) is 5.02 Å². The number of nitrogens with one attached hydrogen (secondary N) is 1. The standard InChI is InChI=1S/C21H21ClN4S/c1-14-23-13-19-20(11-12-26(2)21(19)24-14)25-16-5-9-18(10-6-16)27-17-7-3-15(22)4-8-17/h3-10,13,20,25H,11-12H2,1-2H3. The second kappa shape index (κ2) is 7.79. The highest BCUT2D eigenvalue weighted by Crippen LogP contribution is 2.34. The molecule has 1 aromatic heterocycles. The van der Waals surface area contributed by atoms with Crippen molar-refractivity contribution >= 4 is 34.9 Å². The van der Waals surface area contributed by atoms with Gasteiger partial charge in [0.15, 0.2) is 0 Å². The van der Waals surface area contributed by atoms with Gasteiger partial charge in [0.25, 0.3) is 0 Å². The molecule has 0 saturated heterocycles. The van der Waals surface area contributed by atoms with Crippen molar-refractivity contribution in [2.45, 2.75) is 29.2 Å². The Kier molecular flexibility index (Phi) is 5.23. The summed E-state index contributed by atoms with van der Waals surface area (Å²) in [6.07, 6.45) is 2.98. The van der Waals surface area contributed by atoms with Crippen LogP contribution in [0.1, 0.15) is 23.9 Å². The Balaban J connectivity index is 1.47. The summed E-state index contributed by atoms with van der Waals surface area (Å²) in [7, 11) is 2.09. The molecule has 0 bridgehead atoms. The number of nitrogens with zero attached hydrogens (tertiary/aromatic N) is 3. The van der Waals surface area contributed by atoms with E-state index in [0.717, 1.165) is 40.9 Å². The van der Waals surface area contributed by atoms with Crippen LogP contribution >= 0.6 is 23.4 Å². The van der Waals surface area contributed by atoms with Crippen molar-refractivity contribution in [3.05, 3.63) is 71.1 Å². The monoisotopic (exact) mass is 396 g/mol. The Morgan fingerprint density at radius 3 is 2.44 bits per heavy atom. The zero-order valence-corrected chi connectivity index (χ0v) is 16.9. The molecule has 6 heteroatoms. The van der Waals surface area contributed by atoms with Gasteiger partial charge >= 0.3 is 0 Å². The van der Waals surface area contributed by atoms with Crippen LogP contribution in [0.5, 0.6) is 0 Å². The van der Waals surface area contributed by atoms with Crippen LogP contribution in [0.15, 0.2) is 64.5 Å². The van der Waals surface area contributed by atoms with Gasteiger partial charge in [-0.25, -0.2) is 9.97 Å². The maximum Gasteiger partial charge on any atom is 0.137 e.